The van der Waals surface area contributed by atoms with Gasteiger partial charge in [-0.2, -0.15) is 0 Å². The number of anilines is 1. The van der Waals surface area contributed by atoms with Gasteiger partial charge < -0.3 is 10.5 Å². The first-order chi connectivity index (χ1) is 10.2. The molecule has 3 saturated carbocycles. The van der Waals surface area contributed by atoms with Gasteiger partial charge in [-0.25, -0.2) is 0 Å². The van der Waals surface area contributed by atoms with Crippen LogP contribution in [0.1, 0.15) is 31.7 Å². The fourth-order valence-corrected chi connectivity index (χ4v) is 4.78. The lowest BCUT2D eigenvalue weighted by molar-refractivity contribution is -0.118. The maximum atomic E-state index is 12.5. The van der Waals surface area contributed by atoms with E-state index in [2.05, 4.69) is 10.5 Å². The van der Waals surface area contributed by atoms with Gasteiger partial charge in [0, 0.05) is 17.2 Å². The summed E-state index contributed by atoms with van der Waals surface area (Å²) in [6, 6.07) is 7.49. The van der Waals surface area contributed by atoms with E-state index in [0.29, 0.717) is 17.5 Å². The lowest BCUT2D eigenvalue weighted by Gasteiger charge is -2.10. The number of carbonyl (C=O) groups excluding carboxylic acids is 1. The van der Waals surface area contributed by atoms with E-state index in [4.69, 9.17) is 5.21 Å². The van der Waals surface area contributed by atoms with Crippen LogP contribution in [0.2, 0.25) is 0 Å². The molecule has 2 N–H and O–H groups in total. The third kappa shape index (κ3) is 1.96. The van der Waals surface area contributed by atoms with Crippen molar-refractivity contribution in [3.63, 3.8) is 0 Å². The zero-order valence-corrected chi connectivity index (χ0v) is 12.1. The molecule has 4 heteroatoms. The van der Waals surface area contributed by atoms with Crippen molar-refractivity contribution in [3.8, 4) is 0 Å². The minimum absolute atomic E-state index is 0.178. The van der Waals surface area contributed by atoms with Gasteiger partial charge in [0.2, 0.25) is 5.91 Å². The minimum Gasteiger partial charge on any atom is -0.411 e. The zero-order valence-electron chi connectivity index (χ0n) is 12.1. The van der Waals surface area contributed by atoms with Crippen molar-refractivity contribution < 1.29 is 10.0 Å². The van der Waals surface area contributed by atoms with Crippen LogP contribution in [0, 0.1) is 29.6 Å². The predicted octanol–water partition coefficient (Wildman–Crippen LogP) is 3.12. The van der Waals surface area contributed by atoms with Gasteiger partial charge in [-0.15, -0.1) is 0 Å². The van der Waals surface area contributed by atoms with Crippen LogP contribution in [0.5, 0.6) is 0 Å². The van der Waals surface area contributed by atoms with Gasteiger partial charge in [0.25, 0.3) is 0 Å². The Balaban J connectivity index is 1.46. The van der Waals surface area contributed by atoms with Crippen molar-refractivity contribution in [3.05, 3.63) is 29.8 Å². The summed E-state index contributed by atoms with van der Waals surface area (Å²) in [7, 11) is 0. The summed E-state index contributed by atoms with van der Waals surface area (Å²) in [6.07, 6.45) is 4.02. The van der Waals surface area contributed by atoms with E-state index in [1.54, 1.807) is 6.92 Å². The summed E-state index contributed by atoms with van der Waals surface area (Å²) in [4.78, 5) is 12.5. The average molecular weight is 284 g/mol. The number of hydrogen-bond acceptors (Lipinski definition) is 3. The summed E-state index contributed by atoms with van der Waals surface area (Å²) < 4.78 is 0. The van der Waals surface area contributed by atoms with E-state index in [1.165, 1.54) is 19.3 Å². The van der Waals surface area contributed by atoms with Gasteiger partial charge in [-0.3, -0.25) is 4.79 Å². The van der Waals surface area contributed by atoms with Gasteiger partial charge in [0.15, 0.2) is 0 Å². The van der Waals surface area contributed by atoms with Gasteiger partial charge >= 0.3 is 0 Å². The normalized spacial score (nSPS) is 36.4. The summed E-state index contributed by atoms with van der Waals surface area (Å²) in [5.41, 5.74) is 2.16. The van der Waals surface area contributed by atoms with Gasteiger partial charge in [-0.1, -0.05) is 17.3 Å². The highest BCUT2D eigenvalue weighted by molar-refractivity contribution is 6.00. The lowest BCUT2D eigenvalue weighted by atomic mass is 10.0. The van der Waals surface area contributed by atoms with Crippen LogP contribution in [0.15, 0.2) is 29.4 Å². The SMILES string of the molecule is C/C(=N/O)c1cccc(NC(=O)C2C3C4CCC(C4)C23)c1. The zero-order chi connectivity index (χ0) is 14.6. The Kier molecular flexibility index (Phi) is 2.81. The van der Waals surface area contributed by atoms with Crippen LogP contribution in [-0.2, 0) is 4.79 Å². The molecule has 3 aliphatic carbocycles. The molecular weight excluding hydrogens is 264 g/mol. The number of fused-ring (bicyclic) bond motifs is 5. The van der Waals surface area contributed by atoms with E-state index in [0.717, 1.165) is 23.1 Å². The highest BCUT2D eigenvalue weighted by Gasteiger charge is 2.67. The molecule has 0 aromatic heterocycles. The number of nitrogens with zero attached hydrogens (tertiary/aromatic N) is 1. The molecule has 3 fully saturated rings. The molecule has 1 amide bonds. The first-order valence-electron chi connectivity index (χ1n) is 7.79. The largest absolute Gasteiger partial charge is 0.411 e. The van der Waals surface area contributed by atoms with Crippen molar-refractivity contribution in [1.29, 1.82) is 0 Å². The fourth-order valence-electron chi connectivity index (χ4n) is 4.78. The maximum absolute atomic E-state index is 12.5. The van der Waals surface area contributed by atoms with E-state index in [9.17, 15) is 4.79 Å². The Morgan fingerprint density at radius 2 is 2.00 bits per heavy atom. The Labute approximate surface area is 124 Å². The number of benzene rings is 1. The van der Waals surface area contributed by atoms with Crippen molar-refractivity contribution in [2.24, 2.45) is 34.7 Å². The van der Waals surface area contributed by atoms with Crippen LogP contribution in [-0.4, -0.2) is 16.8 Å². The van der Waals surface area contributed by atoms with Gasteiger partial charge in [0.1, 0.15) is 0 Å². The molecule has 0 spiro atoms. The second kappa shape index (κ2) is 4.58. The molecular formula is C17H20N2O2. The molecule has 21 heavy (non-hydrogen) atoms. The summed E-state index contributed by atoms with van der Waals surface area (Å²) >= 11 is 0. The molecule has 4 unspecified atom stereocenters. The molecule has 4 rings (SSSR count). The first kappa shape index (κ1) is 12.9. The van der Waals surface area contributed by atoms with Crippen LogP contribution in [0.4, 0.5) is 5.69 Å². The Bertz CT molecular complexity index is 609. The van der Waals surface area contributed by atoms with E-state index in [1.807, 2.05) is 24.3 Å². The Morgan fingerprint density at radius 3 is 2.67 bits per heavy atom. The molecule has 110 valence electrons. The quantitative estimate of drug-likeness (QED) is 0.509. The summed E-state index contributed by atoms with van der Waals surface area (Å²) in [5, 5.41) is 15.1. The number of hydrogen-bond donors (Lipinski definition) is 2. The van der Waals surface area contributed by atoms with Crippen molar-refractivity contribution in [2.75, 3.05) is 5.32 Å². The minimum atomic E-state index is 0.178. The number of carbonyl (C=O) groups is 1. The van der Waals surface area contributed by atoms with E-state index in [-0.39, 0.29) is 11.8 Å². The van der Waals surface area contributed by atoms with Crippen molar-refractivity contribution in [1.82, 2.24) is 0 Å². The van der Waals surface area contributed by atoms with Crippen LogP contribution in [0.3, 0.4) is 0 Å². The molecule has 4 atom stereocenters. The predicted molar refractivity (Wildman–Crippen MR) is 80.4 cm³/mol. The maximum Gasteiger partial charge on any atom is 0.228 e. The van der Waals surface area contributed by atoms with Crippen LogP contribution in [0.25, 0.3) is 0 Å². The summed E-state index contributed by atoms with van der Waals surface area (Å²) in [5.74, 6) is 3.36. The Morgan fingerprint density at radius 1 is 1.29 bits per heavy atom. The molecule has 2 bridgehead atoms. The molecule has 1 aromatic carbocycles. The molecule has 3 aliphatic rings. The number of oxime groups is 1. The third-order valence-electron chi connectivity index (χ3n) is 5.74. The average Bonchev–Trinajstić information content (AvgIpc) is 2.95. The topological polar surface area (TPSA) is 61.7 Å². The number of amides is 1. The first-order valence-corrected chi connectivity index (χ1v) is 7.79. The molecule has 0 saturated heterocycles. The van der Waals surface area contributed by atoms with Crippen LogP contribution >= 0.6 is 0 Å². The Hall–Kier alpha value is -1.84. The fraction of sp³-hybridized carbons (Fsp3) is 0.529. The molecule has 0 radical (unpaired) electrons. The smallest absolute Gasteiger partial charge is 0.228 e. The monoisotopic (exact) mass is 284 g/mol. The molecule has 1 aromatic rings. The molecule has 4 nitrogen and oxygen atoms in total. The van der Waals surface area contributed by atoms with Crippen molar-refractivity contribution in [2.45, 2.75) is 26.2 Å². The highest BCUT2D eigenvalue weighted by Crippen LogP contribution is 2.69. The van der Waals surface area contributed by atoms with Crippen molar-refractivity contribution >= 4 is 17.3 Å². The molecule has 0 heterocycles. The number of rotatable bonds is 3. The standard InChI is InChI=1S/C17H20N2O2/c1-9(19-21)10-3-2-4-13(8-10)18-17(20)16-14-11-5-6-12(7-11)15(14)16/h2-4,8,11-12,14-16,21H,5-7H2,1H3,(H,18,20)/b19-9-. The second-order valence-corrected chi connectivity index (χ2v) is 6.77. The van der Waals surface area contributed by atoms with E-state index >= 15 is 0 Å². The second-order valence-electron chi connectivity index (χ2n) is 6.77. The molecule has 0 aliphatic heterocycles. The lowest BCUT2D eigenvalue weighted by Crippen LogP contribution is -2.18. The van der Waals surface area contributed by atoms with Gasteiger partial charge in [0.05, 0.1) is 5.71 Å². The van der Waals surface area contributed by atoms with Gasteiger partial charge in [-0.05, 0) is 62.0 Å². The number of nitrogens with one attached hydrogen (secondary N) is 1. The van der Waals surface area contributed by atoms with E-state index < -0.39 is 0 Å². The van der Waals surface area contributed by atoms with Crippen LogP contribution < -0.4 is 5.32 Å². The highest BCUT2D eigenvalue weighted by atomic mass is 16.4. The summed E-state index contributed by atoms with van der Waals surface area (Å²) in [6.45, 7) is 1.74. The third-order valence-corrected chi connectivity index (χ3v) is 5.74.